The predicted octanol–water partition coefficient (Wildman–Crippen LogP) is 0.490. The Morgan fingerprint density at radius 2 is 1.65 bits per heavy atom. The van der Waals surface area contributed by atoms with E-state index in [-0.39, 0.29) is 16.4 Å². The third kappa shape index (κ3) is 2.55. The Kier molecular flexibility index (Phi) is 3.39. The predicted molar refractivity (Wildman–Crippen MR) is 74.7 cm³/mol. The van der Waals surface area contributed by atoms with Crippen LogP contribution in [0.1, 0.15) is 27.7 Å². The molecule has 20 heavy (non-hydrogen) atoms. The third-order valence-electron chi connectivity index (χ3n) is 3.73. The zero-order chi connectivity index (χ0) is 15.3. The van der Waals surface area contributed by atoms with Crippen molar-refractivity contribution in [3.05, 3.63) is 12.1 Å². The van der Waals surface area contributed by atoms with Crippen molar-refractivity contribution in [2.24, 2.45) is 0 Å². The first-order valence-corrected chi connectivity index (χ1v) is 8.09. The monoisotopic (exact) mass is 299 g/mol. The van der Waals surface area contributed by atoms with E-state index in [1.165, 1.54) is 12.1 Å². The Balaban J connectivity index is 2.45. The van der Waals surface area contributed by atoms with Gasteiger partial charge in [-0.05, 0) is 39.8 Å². The van der Waals surface area contributed by atoms with E-state index >= 15 is 0 Å². The quantitative estimate of drug-likeness (QED) is 0.800. The van der Waals surface area contributed by atoms with Crippen LogP contribution in [0.15, 0.2) is 17.2 Å². The molecule has 1 aliphatic rings. The number of hydrogen-bond acceptors (Lipinski definition) is 6. The van der Waals surface area contributed by atoms with E-state index < -0.39 is 28.2 Å². The summed E-state index contributed by atoms with van der Waals surface area (Å²) in [5.41, 5.74) is -1.11. The molecule has 1 aromatic heterocycles. The minimum atomic E-state index is -3.46. The molecule has 8 heteroatoms. The molecule has 0 atom stereocenters. The fraction of sp³-hybridized carbons (Fsp3) is 0.583. The lowest BCUT2D eigenvalue weighted by molar-refractivity contribution is 0.00578. The van der Waals surface area contributed by atoms with Gasteiger partial charge in [0.05, 0.1) is 11.2 Å². The summed E-state index contributed by atoms with van der Waals surface area (Å²) in [7, 11) is -4.36. The minimum absolute atomic E-state index is 0.0755. The second-order valence-corrected chi connectivity index (χ2v) is 7.88. The van der Waals surface area contributed by atoms with Gasteiger partial charge in [0, 0.05) is 6.26 Å². The summed E-state index contributed by atoms with van der Waals surface area (Å²) in [5.74, 6) is -0.157. The van der Waals surface area contributed by atoms with Crippen LogP contribution in [0.25, 0.3) is 0 Å². The van der Waals surface area contributed by atoms with Gasteiger partial charge in [-0.15, -0.1) is 0 Å². The van der Waals surface area contributed by atoms with Gasteiger partial charge in [-0.1, -0.05) is 0 Å². The molecule has 2 heterocycles. The summed E-state index contributed by atoms with van der Waals surface area (Å²) in [6, 6.07) is 2.53. The van der Waals surface area contributed by atoms with Gasteiger partial charge in [0.25, 0.3) is 0 Å². The van der Waals surface area contributed by atoms with E-state index in [1.807, 2.05) is 27.7 Å². The fourth-order valence-electron chi connectivity index (χ4n) is 1.78. The van der Waals surface area contributed by atoms with Crippen LogP contribution >= 0.6 is 0 Å². The number of aromatic hydroxyl groups is 1. The number of nitrogens with zero attached hydrogens (tertiary/aromatic N) is 1. The summed E-state index contributed by atoms with van der Waals surface area (Å²) in [4.78, 5) is 3.97. The van der Waals surface area contributed by atoms with Gasteiger partial charge in [0.1, 0.15) is 11.3 Å². The average molecular weight is 299 g/mol. The van der Waals surface area contributed by atoms with Crippen molar-refractivity contribution < 1.29 is 22.8 Å². The molecule has 110 valence electrons. The second-order valence-electron chi connectivity index (χ2n) is 5.91. The highest BCUT2D eigenvalue weighted by Gasteiger charge is 2.53. The lowest BCUT2D eigenvalue weighted by Crippen LogP contribution is -2.41. The maximum Gasteiger partial charge on any atom is 0.518 e. The van der Waals surface area contributed by atoms with Gasteiger partial charge in [0.2, 0.25) is 0 Å². The summed E-state index contributed by atoms with van der Waals surface area (Å²) >= 11 is 0. The fourth-order valence-corrected chi connectivity index (χ4v) is 2.36. The SMILES string of the molecule is CC1(C)OB(c2nc(S(C)(=O)=O)ccc2O)OC1(C)C. The van der Waals surface area contributed by atoms with E-state index in [9.17, 15) is 13.5 Å². The average Bonchev–Trinajstić information content (AvgIpc) is 2.46. The molecular weight excluding hydrogens is 281 g/mol. The Bertz CT molecular complexity index is 625. The number of sulfone groups is 1. The van der Waals surface area contributed by atoms with Crippen LogP contribution in [0.2, 0.25) is 0 Å². The lowest BCUT2D eigenvalue weighted by atomic mass is 9.83. The topological polar surface area (TPSA) is 85.7 Å². The van der Waals surface area contributed by atoms with Crippen LogP contribution in [0.4, 0.5) is 0 Å². The standard InChI is InChI=1S/C12H18BNO5S/c1-11(2)12(3,4)19-13(18-11)10-8(15)6-7-9(14-10)20(5,16)17/h6-7,15H,1-5H3. The second kappa shape index (κ2) is 4.44. The highest BCUT2D eigenvalue weighted by Crippen LogP contribution is 2.36. The lowest BCUT2D eigenvalue weighted by Gasteiger charge is -2.32. The van der Waals surface area contributed by atoms with Crippen LogP contribution in [-0.2, 0) is 19.1 Å². The van der Waals surface area contributed by atoms with E-state index in [0.29, 0.717) is 0 Å². The first kappa shape index (κ1) is 15.3. The molecule has 0 amide bonds. The number of hydrogen-bond donors (Lipinski definition) is 1. The van der Waals surface area contributed by atoms with Crippen molar-refractivity contribution in [2.75, 3.05) is 6.26 Å². The Morgan fingerprint density at radius 3 is 2.10 bits per heavy atom. The summed E-state index contributed by atoms with van der Waals surface area (Å²) in [6.07, 6.45) is 1.06. The number of rotatable bonds is 2. The third-order valence-corrected chi connectivity index (χ3v) is 4.72. The maximum atomic E-state index is 11.5. The van der Waals surface area contributed by atoms with Crippen LogP contribution < -0.4 is 5.59 Å². The Hall–Kier alpha value is -1.12. The van der Waals surface area contributed by atoms with Crippen molar-refractivity contribution >= 4 is 22.5 Å². The molecule has 1 saturated heterocycles. The molecule has 1 fully saturated rings. The molecule has 0 aromatic carbocycles. The minimum Gasteiger partial charge on any atom is -0.507 e. The molecule has 0 spiro atoms. The van der Waals surface area contributed by atoms with Crippen LogP contribution in [0.3, 0.4) is 0 Å². The van der Waals surface area contributed by atoms with Gasteiger partial charge in [-0.2, -0.15) is 0 Å². The normalized spacial score (nSPS) is 21.1. The zero-order valence-corrected chi connectivity index (χ0v) is 13.0. The molecule has 1 aromatic rings. The van der Waals surface area contributed by atoms with Gasteiger partial charge >= 0.3 is 7.12 Å². The van der Waals surface area contributed by atoms with E-state index in [1.54, 1.807) is 0 Å². The number of pyridine rings is 1. The zero-order valence-electron chi connectivity index (χ0n) is 12.2. The molecule has 2 rings (SSSR count). The van der Waals surface area contributed by atoms with Gasteiger partial charge in [-0.25, -0.2) is 13.4 Å². The van der Waals surface area contributed by atoms with Crippen molar-refractivity contribution in [1.82, 2.24) is 4.98 Å². The van der Waals surface area contributed by atoms with E-state index in [0.717, 1.165) is 6.26 Å². The molecular formula is C12H18BNO5S. The van der Waals surface area contributed by atoms with Crippen LogP contribution in [0, 0.1) is 0 Å². The van der Waals surface area contributed by atoms with Crippen LogP contribution in [-0.4, -0.2) is 43.1 Å². The summed E-state index contributed by atoms with van der Waals surface area (Å²) in [5, 5.41) is 9.76. The highest BCUT2D eigenvalue weighted by molar-refractivity contribution is 7.90. The summed E-state index contributed by atoms with van der Waals surface area (Å²) < 4.78 is 34.6. The van der Waals surface area contributed by atoms with Crippen LogP contribution in [0.5, 0.6) is 5.75 Å². The molecule has 0 bridgehead atoms. The molecule has 1 aliphatic heterocycles. The molecule has 6 nitrogen and oxygen atoms in total. The maximum absolute atomic E-state index is 11.5. The van der Waals surface area contributed by atoms with E-state index in [2.05, 4.69) is 4.98 Å². The molecule has 1 N–H and O–H groups in total. The van der Waals surface area contributed by atoms with Gasteiger partial charge in [0.15, 0.2) is 14.9 Å². The van der Waals surface area contributed by atoms with Crippen molar-refractivity contribution in [2.45, 2.75) is 43.9 Å². The molecule has 0 radical (unpaired) electrons. The molecule has 0 unspecified atom stereocenters. The first-order valence-electron chi connectivity index (χ1n) is 6.20. The van der Waals surface area contributed by atoms with Gasteiger partial charge in [-0.3, -0.25) is 0 Å². The number of aromatic nitrogens is 1. The van der Waals surface area contributed by atoms with Gasteiger partial charge < -0.3 is 14.4 Å². The highest BCUT2D eigenvalue weighted by atomic mass is 32.2. The van der Waals surface area contributed by atoms with E-state index in [4.69, 9.17) is 9.31 Å². The Morgan fingerprint density at radius 1 is 1.15 bits per heavy atom. The summed E-state index contributed by atoms with van der Waals surface area (Å²) in [6.45, 7) is 7.46. The molecule has 0 aliphatic carbocycles. The largest absolute Gasteiger partial charge is 0.518 e. The Labute approximate surface area is 119 Å². The first-order chi connectivity index (χ1) is 8.94. The van der Waals surface area contributed by atoms with Crippen molar-refractivity contribution in [1.29, 1.82) is 0 Å². The smallest absolute Gasteiger partial charge is 0.507 e. The van der Waals surface area contributed by atoms with Crippen molar-refractivity contribution in [3.8, 4) is 5.75 Å². The molecule has 0 saturated carbocycles. The van der Waals surface area contributed by atoms with Crippen molar-refractivity contribution in [3.63, 3.8) is 0 Å².